The van der Waals surface area contributed by atoms with E-state index >= 15 is 0 Å². The van der Waals surface area contributed by atoms with E-state index in [0.717, 1.165) is 12.4 Å². The first-order chi connectivity index (χ1) is 9.08. The fourth-order valence-electron chi connectivity index (χ4n) is 2.86. The van der Waals surface area contributed by atoms with Gasteiger partial charge in [0, 0.05) is 12.0 Å². The molecule has 0 radical (unpaired) electrons. The summed E-state index contributed by atoms with van der Waals surface area (Å²) in [6, 6.07) is 10.6. The van der Waals surface area contributed by atoms with E-state index in [-0.39, 0.29) is 11.5 Å². The zero-order chi connectivity index (χ0) is 13.5. The van der Waals surface area contributed by atoms with E-state index in [1.54, 1.807) is 0 Å². The molecule has 98 valence electrons. The summed E-state index contributed by atoms with van der Waals surface area (Å²) in [5.41, 5.74) is 1.43. The van der Waals surface area contributed by atoms with Crippen molar-refractivity contribution in [3.05, 3.63) is 54.2 Å². The maximum atomic E-state index is 12.9. The molecule has 3 nitrogen and oxygen atoms in total. The van der Waals surface area contributed by atoms with Crippen LogP contribution in [0.3, 0.4) is 0 Å². The molecule has 1 aromatic carbocycles. The molecule has 1 aliphatic heterocycles. The number of hydrogen-bond acceptors (Lipinski definition) is 3. The quantitative estimate of drug-likeness (QED) is 0.827. The van der Waals surface area contributed by atoms with Gasteiger partial charge in [-0.15, -0.1) is 0 Å². The van der Waals surface area contributed by atoms with Gasteiger partial charge in [0.15, 0.2) is 0 Å². The molecule has 4 heteroatoms. The number of hydrogen-bond donors (Lipinski definition) is 0. The minimum atomic E-state index is -0.542. The Hall–Kier alpha value is -1.97. The van der Waals surface area contributed by atoms with Crippen LogP contribution in [0, 0.1) is 11.4 Å². The van der Waals surface area contributed by atoms with Gasteiger partial charge in [0.2, 0.25) is 5.95 Å². The van der Waals surface area contributed by atoms with Crippen molar-refractivity contribution in [3.8, 4) is 0 Å². The Morgan fingerprint density at radius 2 is 1.89 bits per heavy atom. The minimum Gasteiger partial charge on any atom is -0.347 e. The molecular weight excluding hydrogens is 241 g/mol. The van der Waals surface area contributed by atoms with Crippen LogP contribution in [-0.2, 0) is 0 Å². The summed E-state index contributed by atoms with van der Waals surface area (Å²) in [6.07, 6.45) is 2.67. The SMILES string of the molecule is CC1(C)CN(c2cnc(F)cn2)C1c1ccccc1. The Morgan fingerprint density at radius 1 is 1.16 bits per heavy atom. The number of anilines is 1. The van der Waals surface area contributed by atoms with Crippen molar-refractivity contribution in [3.63, 3.8) is 0 Å². The second-order valence-corrected chi connectivity index (χ2v) is 5.63. The van der Waals surface area contributed by atoms with Crippen molar-refractivity contribution in [2.24, 2.45) is 5.41 Å². The molecule has 1 fully saturated rings. The third-order valence-corrected chi connectivity index (χ3v) is 3.65. The van der Waals surface area contributed by atoms with E-state index < -0.39 is 5.95 Å². The summed E-state index contributed by atoms with van der Waals surface area (Å²) < 4.78 is 12.9. The van der Waals surface area contributed by atoms with E-state index in [9.17, 15) is 4.39 Å². The molecule has 0 aliphatic carbocycles. The predicted molar refractivity (Wildman–Crippen MR) is 72.3 cm³/mol. The molecule has 3 rings (SSSR count). The minimum absolute atomic E-state index is 0.178. The van der Waals surface area contributed by atoms with Crippen LogP contribution in [0.25, 0.3) is 0 Å². The molecule has 0 saturated carbocycles. The highest BCUT2D eigenvalue weighted by Crippen LogP contribution is 2.49. The van der Waals surface area contributed by atoms with Crippen LogP contribution in [0.4, 0.5) is 10.2 Å². The highest BCUT2D eigenvalue weighted by Gasteiger charge is 2.47. The van der Waals surface area contributed by atoms with Crippen molar-refractivity contribution in [2.45, 2.75) is 19.9 Å². The third kappa shape index (κ3) is 2.07. The van der Waals surface area contributed by atoms with Crippen LogP contribution < -0.4 is 4.90 Å². The van der Waals surface area contributed by atoms with E-state index in [1.807, 2.05) is 18.2 Å². The summed E-state index contributed by atoms with van der Waals surface area (Å²) in [7, 11) is 0. The molecule has 0 amide bonds. The van der Waals surface area contributed by atoms with Gasteiger partial charge in [0.25, 0.3) is 0 Å². The van der Waals surface area contributed by atoms with Crippen LogP contribution >= 0.6 is 0 Å². The van der Waals surface area contributed by atoms with Crippen LogP contribution in [-0.4, -0.2) is 16.5 Å². The topological polar surface area (TPSA) is 29.0 Å². The highest BCUT2D eigenvalue weighted by molar-refractivity contribution is 5.47. The van der Waals surface area contributed by atoms with Gasteiger partial charge < -0.3 is 4.90 Å². The fraction of sp³-hybridized carbons (Fsp3) is 0.333. The maximum Gasteiger partial charge on any atom is 0.231 e. The van der Waals surface area contributed by atoms with Gasteiger partial charge in [-0.2, -0.15) is 4.39 Å². The predicted octanol–water partition coefficient (Wildman–Crippen LogP) is 3.20. The van der Waals surface area contributed by atoms with Gasteiger partial charge in [0.1, 0.15) is 5.82 Å². The van der Waals surface area contributed by atoms with Gasteiger partial charge in [-0.05, 0) is 5.56 Å². The number of rotatable bonds is 2. The van der Waals surface area contributed by atoms with Crippen LogP contribution in [0.2, 0.25) is 0 Å². The van der Waals surface area contributed by atoms with Gasteiger partial charge in [0.05, 0.1) is 18.4 Å². The van der Waals surface area contributed by atoms with Crippen molar-refractivity contribution < 1.29 is 4.39 Å². The smallest absolute Gasteiger partial charge is 0.231 e. The molecule has 1 aliphatic rings. The van der Waals surface area contributed by atoms with Crippen molar-refractivity contribution in [2.75, 3.05) is 11.4 Å². The highest BCUT2D eigenvalue weighted by atomic mass is 19.1. The Kier molecular flexibility index (Phi) is 2.73. The van der Waals surface area contributed by atoms with Crippen LogP contribution in [0.5, 0.6) is 0 Å². The number of benzene rings is 1. The first kappa shape index (κ1) is 12.1. The molecule has 2 heterocycles. The van der Waals surface area contributed by atoms with Crippen LogP contribution in [0.1, 0.15) is 25.5 Å². The van der Waals surface area contributed by atoms with Gasteiger partial charge in [-0.25, -0.2) is 9.97 Å². The molecule has 19 heavy (non-hydrogen) atoms. The Morgan fingerprint density at radius 3 is 2.47 bits per heavy atom. The van der Waals surface area contributed by atoms with Crippen molar-refractivity contribution in [1.82, 2.24) is 9.97 Å². The molecule has 0 N–H and O–H groups in total. The summed E-state index contributed by atoms with van der Waals surface area (Å²) in [5, 5.41) is 0. The first-order valence-corrected chi connectivity index (χ1v) is 6.37. The number of halogens is 1. The average molecular weight is 257 g/mol. The van der Waals surface area contributed by atoms with Gasteiger partial charge in [-0.3, -0.25) is 0 Å². The van der Waals surface area contributed by atoms with Crippen LogP contribution in [0.15, 0.2) is 42.7 Å². The monoisotopic (exact) mass is 257 g/mol. The summed E-state index contributed by atoms with van der Waals surface area (Å²) in [5.74, 6) is 0.189. The average Bonchev–Trinajstić information content (AvgIpc) is 2.38. The van der Waals surface area contributed by atoms with E-state index in [1.165, 1.54) is 18.0 Å². The Labute approximate surface area is 112 Å². The Bertz CT molecular complexity index is 566. The fourth-order valence-corrected chi connectivity index (χ4v) is 2.86. The lowest BCUT2D eigenvalue weighted by Crippen LogP contribution is -2.56. The molecule has 1 saturated heterocycles. The summed E-state index contributed by atoms with van der Waals surface area (Å²) in [4.78, 5) is 9.99. The van der Waals surface area contributed by atoms with Gasteiger partial charge in [-0.1, -0.05) is 44.2 Å². The molecule has 1 aromatic heterocycles. The summed E-state index contributed by atoms with van der Waals surface area (Å²) in [6.45, 7) is 5.36. The van der Waals surface area contributed by atoms with Gasteiger partial charge >= 0.3 is 0 Å². The second kappa shape index (κ2) is 4.30. The molecular formula is C15H16FN3. The molecule has 0 spiro atoms. The molecule has 2 aromatic rings. The van der Waals surface area contributed by atoms with Crippen molar-refractivity contribution >= 4 is 5.82 Å². The van der Waals surface area contributed by atoms with E-state index in [0.29, 0.717) is 0 Å². The normalized spacial score (nSPS) is 21.0. The summed E-state index contributed by atoms with van der Waals surface area (Å²) >= 11 is 0. The standard InChI is InChI=1S/C15H16FN3/c1-15(2)10-19(13-9-17-12(16)8-18-13)14(15)11-6-4-3-5-7-11/h3-9,14H,10H2,1-2H3. The number of aromatic nitrogens is 2. The van der Waals surface area contributed by atoms with E-state index in [2.05, 4.69) is 40.8 Å². The zero-order valence-corrected chi connectivity index (χ0v) is 11.0. The molecule has 1 unspecified atom stereocenters. The van der Waals surface area contributed by atoms with Crippen molar-refractivity contribution in [1.29, 1.82) is 0 Å². The lowest BCUT2D eigenvalue weighted by atomic mass is 9.71. The Balaban J connectivity index is 1.93. The molecule has 0 bridgehead atoms. The van der Waals surface area contributed by atoms with E-state index in [4.69, 9.17) is 0 Å². The zero-order valence-electron chi connectivity index (χ0n) is 11.0. The second-order valence-electron chi connectivity index (χ2n) is 5.63. The lowest BCUT2D eigenvalue weighted by molar-refractivity contribution is 0.178. The largest absolute Gasteiger partial charge is 0.347 e. The third-order valence-electron chi connectivity index (χ3n) is 3.65. The molecule has 1 atom stereocenters. The maximum absolute atomic E-state index is 12.9. The number of nitrogens with zero attached hydrogens (tertiary/aromatic N) is 3. The lowest BCUT2D eigenvalue weighted by Gasteiger charge is -2.55. The first-order valence-electron chi connectivity index (χ1n) is 6.37.